The monoisotopic (exact) mass is 354 g/mol. The van der Waals surface area contributed by atoms with Crippen molar-refractivity contribution < 1.29 is 4.43 Å². The molecule has 1 atom stereocenters. The van der Waals surface area contributed by atoms with Crippen molar-refractivity contribution in [2.75, 3.05) is 11.9 Å². The van der Waals surface area contributed by atoms with Crippen LogP contribution in [0.4, 0.5) is 5.69 Å². The van der Waals surface area contributed by atoms with Crippen LogP contribution in [0.25, 0.3) is 0 Å². The summed E-state index contributed by atoms with van der Waals surface area (Å²) in [6.07, 6.45) is 5.99. The summed E-state index contributed by atoms with van der Waals surface area (Å²) in [4.78, 5) is 2.06. The molecule has 0 fully saturated rings. The molecule has 1 aromatic rings. The van der Waals surface area contributed by atoms with E-state index < -0.39 is 8.32 Å². The van der Waals surface area contributed by atoms with Crippen LogP contribution in [0.1, 0.15) is 26.7 Å². The number of nitriles is 1. The molecule has 0 saturated carbocycles. The molecule has 4 heteroatoms. The summed E-state index contributed by atoms with van der Waals surface area (Å²) < 4.78 is 6.32. The van der Waals surface area contributed by atoms with Crippen molar-refractivity contribution in [3.63, 3.8) is 0 Å². The molecule has 0 N–H and O–H groups in total. The average molecular weight is 355 g/mol. The van der Waals surface area contributed by atoms with Gasteiger partial charge in [-0.15, -0.1) is 0 Å². The van der Waals surface area contributed by atoms with Gasteiger partial charge in [0.15, 0.2) is 0 Å². The van der Waals surface area contributed by atoms with Crippen LogP contribution in [0.5, 0.6) is 0 Å². The number of para-hydroxylation sites is 1. The van der Waals surface area contributed by atoms with Crippen molar-refractivity contribution in [3.05, 3.63) is 53.8 Å². The van der Waals surface area contributed by atoms with Gasteiger partial charge in [-0.2, -0.15) is 5.26 Å². The van der Waals surface area contributed by atoms with E-state index in [0.29, 0.717) is 6.42 Å². The third kappa shape index (κ3) is 5.50. The van der Waals surface area contributed by atoms with Crippen LogP contribution in [0.3, 0.4) is 0 Å². The third-order valence-electron chi connectivity index (χ3n) is 4.34. The van der Waals surface area contributed by atoms with Crippen LogP contribution in [0.2, 0.25) is 19.6 Å². The van der Waals surface area contributed by atoms with E-state index >= 15 is 0 Å². The van der Waals surface area contributed by atoms with E-state index in [2.05, 4.69) is 56.6 Å². The number of benzene rings is 1. The molecule has 0 bridgehead atoms. The molecule has 0 aromatic heterocycles. The van der Waals surface area contributed by atoms with Crippen molar-refractivity contribution in [1.29, 1.82) is 5.26 Å². The Morgan fingerprint density at radius 2 is 1.88 bits per heavy atom. The van der Waals surface area contributed by atoms with Crippen molar-refractivity contribution in [1.82, 2.24) is 0 Å². The van der Waals surface area contributed by atoms with E-state index in [4.69, 9.17) is 4.43 Å². The summed E-state index contributed by atoms with van der Waals surface area (Å²) >= 11 is 0. The first-order chi connectivity index (χ1) is 11.6. The summed E-state index contributed by atoms with van der Waals surface area (Å²) in [6, 6.07) is 12.4. The van der Waals surface area contributed by atoms with Gasteiger partial charge in [0.2, 0.25) is 8.32 Å². The lowest BCUT2D eigenvalue weighted by Crippen LogP contribution is -2.33. The molecule has 0 amide bonds. The quantitative estimate of drug-likeness (QED) is 0.633. The highest BCUT2D eigenvalue weighted by Gasteiger charge is 2.29. The van der Waals surface area contributed by atoms with E-state index in [9.17, 15) is 5.26 Å². The summed E-state index contributed by atoms with van der Waals surface area (Å²) in [7, 11) is 0.302. The second kappa shape index (κ2) is 7.49. The molecule has 0 radical (unpaired) electrons. The van der Waals surface area contributed by atoms with Crippen LogP contribution in [0.15, 0.2) is 53.8 Å². The smallest absolute Gasteiger partial charge is 0.242 e. The fourth-order valence-corrected chi connectivity index (χ4v) is 3.94. The molecule has 1 aliphatic rings. The molecule has 0 saturated heterocycles. The fourth-order valence-electron chi connectivity index (χ4n) is 3.07. The zero-order chi connectivity index (χ0) is 18.7. The van der Waals surface area contributed by atoms with Gasteiger partial charge in [0.25, 0.3) is 0 Å². The van der Waals surface area contributed by atoms with Crippen LogP contribution in [-0.4, -0.2) is 21.4 Å². The number of hydrogen-bond donors (Lipinski definition) is 0. The largest absolute Gasteiger partial charge is 0.544 e. The first-order valence-corrected chi connectivity index (χ1v) is 12.3. The molecule has 0 heterocycles. The fraction of sp³-hybridized carbons (Fsp3) is 0.476. The van der Waals surface area contributed by atoms with Gasteiger partial charge in [0.05, 0.1) is 6.07 Å². The lowest BCUT2D eigenvalue weighted by molar-refractivity contribution is 0.386. The van der Waals surface area contributed by atoms with Crippen LogP contribution >= 0.6 is 0 Å². The van der Waals surface area contributed by atoms with Gasteiger partial charge in [-0.1, -0.05) is 38.1 Å². The Kier molecular flexibility index (Phi) is 5.79. The Hall–Kier alpha value is -1.99. The van der Waals surface area contributed by atoms with Crippen LogP contribution in [0, 0.1) is 16.7 Å². The molecular weight excluding hydrogens is 324 g/mol. The first-order valence-electron chi connectivity index (χ1n) is 8.89. The standard InChI is InChI=1S/C21H30N2OSi/c1-21(2)13-12-20(24-25(4,5)6)17(15-21)14-19(16-22)23(3)18-10-8-7-9-11-18/h7-13,19H,14-15H2,1-6H3. The van der Waals surface area contributed by atoms with Crippen LogP contribution < -0.4 is 4.90 Å². The van der Waals surface area contributed by atoms with E-state index in [1.54, 1.807) is 0 Å². The van der Waals surface area contributed by atoms with Gasteiger partial charge in [0, 0.05) is 19.2 Å². The maximum atomic E-state index is 9.77. The van der Waals surface area contributed by atoms with Gasteiger partial charge in [-0.05, 0) is 55.3 Å². The minimum Gasteiger partial charge on any atom is -0.544 e. The Labute approximate surface area is 153 Å². The maximum Gasteiger partial charge on any atom is 0.242 e. The van der Waals surface area contributed by atoms with Crippen LogP contribution in [-0.2, 0) is 4.43 Å². The number of rotatable bonds is 6. The second-order valence-corrected chi connectivity index (χ2v) is 12.9. The van der Waals surface area contributed by atoms with E-state index in [0.717, 1.165) is 17.9 Å². The molecule has 0 spiro atoms. The molecule has 0 aliphatic heterocycles. The number of hydrogen-bond acceptors (Lipinski definition) is 3. The highest BCUT2D eigenvalue weighted by Crippen LogP contribution is 2.37. The van der Waals surface area contributed by atoms with Crippen molar-refractivity contribution in [3.8, 4) is 6.07 Å². The Morgan fingerprint density at radius 1 is 1.24 bits per heavy atom. The Balaban J connectivity index is 2.28. The summed E-state index contributed by atoms with van der Waals surface area (Å²) in [6.45, 7) is 11.1. The molecule has 134 valence electrons. The number of allylic oxidation sites excluding steroid dienone is 2. The molecule has 2 rings (SSSR count). The number of nitrogens with zero attached hydrogens (tertiary/aromatic N) is 2. The predicted octanol–water partition coefficient (Wildman–Crippen LogP) is 5.50. The summed E-state index contributed by atoms with van der Waals surface area (Å²) in [5.74, 6) is 0.986. The van der Waals surface area contributed by atoms with E-state index in [1.165, 1.54) is 5.57 Å². The zero-order valence-electron chi connectivity index (χ0n) is 16.3. The second-order valence-electron chi connectivity index (χ2n) is 8.48. The van der Waals surface area contributed by atoms with Gasteiger partial charge < -0.3 is 9.33 Å². The lowest BCUT2D eigenvalue weighted by Gasteiger charge is -2.33. The first kappa shape index (κ1) is 19.3. The zero-order valence-corrected chi connectivity index (χ0v) is 17.3. The van der Waals surface area contributed by atoms with Gasteiger partial charge in [-0.3, -0.25) is 0 Å². The topological polar surface area (TPSA) is 36.3 Å². The van der Waals surface area contributed by atoms with Gasteiger partial charge >= 0.3 is 0 Å². The Bertz CT molecular complexity index is 693. The summed E-state index contributed by atoms with van der Waals surface area (Å²) in [5, 5.41) is 9.77. The molecule has 25 heavy (non-hydrogen) atoms. The molecular formula is C21H30N2OSi. The highest BCUT2D eigenvalue weighted by atomic mass is 28.4. The van der Waals surface area contributed by atoms with E-state index in [-0.39, 0.29) is 11.5 Å². The minimum atomic E-state index is -1.69. The third-order valence-corrected chi connectivity index (χ3v) is 5.17. The Morgan fingerprint density at radius 3 is 2.44 bits per heavy atom. The maximum absolute atomic E-state index is 9.77. The minimum absolute atomic E-state index is 0.104. The molecule has 1 aromatic carbocycles. The molecule has 1 unspecified atom stereocenters. The number of anilines is 1. The molecule has 1 aliphatic carbocycles. The average Bonchev–Trinajstić information content (AvgIpc) is 2.53. The van der Waals surface area contributed by atoms with Gasteiger partial charge in [0.1, 0.15) is 11.8 Å². The SMILES string of the molecule is CN(c1ccccc1)C(C#N)CC1=C(O[Si](C)(C)C)C=CC(C)(C)C1. The van der Waals surface area contributed by atoms with Crippen molar-refractivity contribution in [2.45, 2.75) is 52.4 Å². The normalized spacial score (nSPS) is 17.8. The summed E-state index contributed by atoms with van der Waals surface area (Å²) in [5.41, 5.74) is 2.42. The van der Waals surface area contributed by atoms with Crippen molar-refractivity contribution >= 4 is 14.0 Å². The van der Waals surface area contributed by atoms with Gasteiger partial charge in [-0.25, -0.2) is 0 Å². The highest BCUT2D eigenvalue weighted by molar-refractivity contribution is 6.70. The molecule has 3 nitrogen and oxygen atoms in total. The lowest BCUT2D eigenvalue weighted by atomic mass is 9.79. The van der Waals surface area contributed by atoms with Crippen molar-refractivity contribution in [2.24, 2.45) is 5.41 Å². The predicted molar refractivity (Wildman–Crippen MR) is 108 cm³/mol. The van der Waals surface area contributed by atoms with E-state index in [1.807, 2.05) is 37.4 Å².